The number of nitrogens with one attached hydrogen (secondary N) is 8. The molecule has 18 N–H and O–H groups in total. The Kier molecular flexibility index (Phi) is 26.6. The zero-order chi connectivity index (χ0) is 50.3. The molecule has 9 atom stereocenters. The first-order valence-electron chi connectivity index (χ1n) is 21.5. The number of guanidine groups is 1. The van der Waals surface area contributed by atoms with Gasteiger partial charge in [0.25, 0.3) is 0 Å². The monoisotopic (exact) mass is 928 g/mol. The van der Waals surface area contributed by atoms with Crippen molar-refractivity contribution in [3.8, 4) is 0 Å². The third-order valence-corrected chi connectivity index (χ3v) is 9.38. The Hall–Kier alpha value is -6.11. The fraction of sp³-hybridized carbons (Fsp3) is 0.725. The SMILES string of the molecule is CC(C)C[C@H](NC(=O)CN)C(=O)N[C@@H](CC(N)=O)C(=O)N[C@@H](C)C(=O)N[C@@H](CC(C)C)C(=O)N[C@@H](CC(C)C)C(=O)N[C@@H](CCCN=C(N)N)C(=O)N[C@H](C(=O)N[C@@H](C)C(=O)O)[C@@H](C)O. The summed E-state index contributed by atoms with van der Waals surface area (Å²) in [5.41, 5.74) is 21.6. The second-order valence-corrected chi connectivity index (χ2v) is 17.1. The number of primary amides is 1. The lowest BCUT2D eigenvalue weighted by Gasteiger charge is -2.29. The Morgan fingerprint density at radius 2 is 0.908 bits per heavy atom. The van der Waals surface area contributed by atoms with Gasteiger partial charge in [0.05, 0.1) is 19.1 Å². The molecule has 0 aromatic heterocycles. The zero-order valence-electron chi connectivity index (χ0n) is 38.8. The van der Waals surface area contributed by atoms with Crippen molar-refractivity contribution in [1.82, 2.24) is 42.5 Å². The summed E-state index contributed by atoms with van der Waals surface area (Å²) in [6.45, 7) is 13.9. The number of carboxylic acids is 1. The molecule has 25 heteroatoms. The molecule has 0 aliphatic carbocycles. The van der Waals surface area contributed by atoms with Crippen LogP contribution in [-0.4, -0.2) is 143 Å². The van der Waals surface area contributed by atoms with E-state index in [1.165, 1.54) is 20.8 Å². The summed E-state index contributed by atoms with van der Waals surface area (Å²) in [6.07, 6.45) is -1.86. The molecule has 0 bridgehead atoms. The summed E-state index contributed by atoms with van der Waals surface area (Å²) in [5, 5.41) is 39.1. The van der Waals surface area contributed by atoms with Crippen LogP contribution in [0.5, 0.6) is 0 Å². The van der Waals surface area contributed by atoms with Gasteiger partial charge in [0, 0.05) is 6.54 Å². The van der Waals surface area contributed by atoms with Gasteiger partial charge in [0.15, 0.2) is 5.96 Å². The van der Waals surface area contributed by atoms with Gasteiger partial charge in [-0.25, -0.2) is 0 Å². The molecule has 9 amide bonds. The van der Waals surface area contributed by atoms with Crippen LogP contribution < -0.4 is 65.5 Å². The normalized spacial score (nSPS) is 15.3. The van der Waals surface area contributed by atoms with Gasteiger partial charge in [-0.05, 0) is 70.6 Å². The maximum Gasteiger partial charge on any atom is 0.325 e. The maximum atomic E-state index is 13.9. The summed E-state index contributed by atoms with van der Waals surface area (Å²) in [4.78, 5) is 133. The van der Waals surface area contributed by atoms with Crippen molar-refractivity contribution < 1.29 is 58.2 Å². The van der Waals surface area contributed by atoms with Crippen molar-refractivity contribution in [2.24, 2.45) is 45.7 Å². The number of hydrogen-bond donors (Lipinski definition) is 14. The Bertz CT molecular complexity index is 1690. The fourth-order valence-electron chi connectivity index (χ4n) is 6.06. The van der Waals surface area contributed by atoms with Crippen LogP contribution in [0.2, 0.25) is 0 Å². The standard InChI is InChI=1S/C40H73N13O12/c1-18(2)13-25(48-30(56)17-41)35(60)52-28(16-29(42)55)34(59)46-21(7)32(57)50-26(14-19(3)4)37(62)51-27(15-20(5)6)36(61)49-24(11-10-12-45-40(43)44)33(58)53-31(23(9)54)38(63)47-22(8)39(64)65/h18-28,31,54H,10-17,41H2,1-9H3,(H2,42,55)(H,46,59)(H,47,63)(H,48,56)(H,49,61)(H,50,57)(H,51,62)(H,52,60)(H,53,58)(H,64,65)(H4,43,44,45)/t21-,22-,23+,24-,25-,26-,27-,28-,31-/m0/s1. The fourth-order valence-corrected chi connectivity index (χ4v) is 6.06. The van der Waals surface area contributed by atoms with E-state index in [0.29, 0.717) is 0 Å². The first kappa shape index (κ1) is 58.9. The van der Waals surface area contributed by atoms with E-state index in [9.17, 15) is 58.2 Å². The van der Waals surface area contributed by atoms with Gasteiger partial charge in [-0.2, -0.15) is 0 Å². The van der Waals surface area contributed by atoms with E-state index in [2.05, 4.69) is 47.5 Å². The predicted molar refractivity (Wildman–Crippen MR) is 237 cm³/mol. The molecule has 0 saturated heterocycles. The van der Waals surface area contributed by atoms with Gasteiger partial charge in [-0.15, -0.1) is 0 Å². The van der Waals surface area contributed by atoms with Crippen LogP contribution in [0.1, 0.15) is 101 Å². The van der Waals surface area contributed by atoms with Gasteiger partial charge in [-0.3, -0.25) is 52.9 Å². The van der Waals surface area contributed by atoms with Crippen LogP contribution in [0.25, 0.3) is 0 Å². The largest absolute Gasteiger partial charge is 0.480 e. The summed E-state index contributed by atoms with van der Waals surface area (Å²) in [7, 11) is 0. The molecular formula is C40H73N13O12. The van der Waals surface area contributed by atoms with Gasteiger partial charge in [0.1, 0.15) is 48.3 Å². The molecule has 0 radical (unpaired) electrons. The van der Waals surface area contributed by atoms with Crippen molar-refractivity contribution in [3.05, 3.63) is 0 Å². The molecule has 0 saturated carbocycles. The van der Waals surface area contributed by atoms with Crippen LogP contribution >= 0.6 is 0 Å². The van der Waals surface area contributed by atoms with E-state index in [4.69, 9.17) is 22.9 Å². The first-order valence-corrected chi connectivity index (χ1v) is 21.5. The average molecular weight is 928 g/mol. The summed E-state index contributed by atoms with van der Waals surface area (Å²) in [6, 6.07) is -11.0. The smallest absolute Gasteiger partial charge is 0.325 e. The number of carbonyl (C=O) groups is 10. The number of rotatable bonds is 30. The number of carboxylic acid groups (broad SMARTS) is 1. The molecule has 0 fully saturated rings. The lowest BCUT2D eigenvalue weighted by molar-refractivity contribution is -0.142. The van der Waals surface area contributed by atoms with Gasteiger partial charge < -0.3 is 75.7 Å². The number of amides is 9. The molecular weight excluding hydrogens is 855 g/mol. The highest BCUT2D eigenvalue weighted by Gasteiger charge is 2.35. The van der Waals surface area contributed by atoms with E-state index >= 15 is 0 Å². The molecule has 0 unspecified atom stereocenters. The highest BCUT2D eigenvalue weighted by Crippen LogP contribution is 2.12. The Balaban J connectivity index is 6.39. The Morgan fingerprint density at radius 3 is 1.32 bits per heavy atom. The van der Waals surface area contributed by atoms with E-state index in [0.717, 1.165) is 0 Å². The van der Waals surface area contributed by atoms with Gasteiger partial charge in [0.2, 0.25) is 53.2 Å². The number of aliphatic imine (C=N–C) groups is 1. The summed E-state index contributed by atoms with van der Waals surface area (Å²) in [5.74, 6) is -9.88. The van der Waals surface area contributed by atoms with Crippen molar-refractivity contribution in [1.29, 1.82) is 0 Å². The van der Waals surface area contributed by atoms with Crippen molar-refractivity contribution in [2.75, 3.05) is 13.1 Å². The summed E-state index contributed by atoms with van der Waals surface area (Å²) >= 11 is 0. The molecule has 0 rings (SSSR count). The second-order valence-electron chi connectivity index (χ2n) is 17.1. The lowest BCUT2D eigenvalue weighted by Crippen LogP contribution is -2.61. The number of nitrogens with zero attached hydrogens (tertiary/aromatic N) is 1. The highest BCUT2D eigenvalue weighted by molar-refractivity contribution is 5.98. The number of nitrogens with two attached hydrogens (primary N) is 4. The van der Waals surface area contributed by atoms with E-state index in [-0.39, 0.29) is 62.4 Å². The molecule has 0 spiro atoms. The Morgan fingerprint density at radius 1 is 0.508 bits per heavy atom. The van der Waals surface area contributed by atoms with Crippen LogP contribution in [0.4, 0.5) is 0 Å². The molecule has 0 heterocycles. The first-order chi connectivity index (χ1) is 30.1. The van der Waals surface area contributed by atoms with Crippen LogP contribution in [-0.2, 0) is 47.9 Å². The molecule has 370 valence electrons. The molecule has 0 aliphatic heterocycles. The summed E-state index contributed by atoms with van der Waals surface area (Å²) < 4.78 is 0. The minimum absolute atomic E-state index is 0.0358. The second kappa shape index (κ2) is 29.4. The van der Waals surface area contributed by atoms with Gasteiger partial charge >= 0.3 is 5.97 Å². The number of aliphatic carboxylic acids is 1. The molecule has 0 aromatic rings. The molecule has 0 aromatic carbocycles. The minimum Gasteiger partial charge on any atom is -0.480 e. The third kappa shape index (κ3) is 24.0. The van der Waals surface area contributed by atoms with Gasteiger partial charge in [-0.1, -0.05) is 41.5 Å². The quantitative estimate of drug-likeness (QED) is 0.0183. The number of hydrogen-bond acceptors (Lipinski definition) is 13. The number of aliphatic hydroxyl groups excluding tert-OH is 1. The van der Waals surface area contributed by atoms with E-state index in [1.807, 2.05) is 0 Å². The molecule has 65 heavy (non-hydrogen) atoms. The van der Waals surface area contributed by atoms with Crippen LogP contribution in [0.3, 0.4) is 0 Å². The van der Waals surface area contributed by atoms with Crippen LogP contribution in [0.15, 0.2) is 4.99 Å². The topological polar surface area (TPSA) is 424 Å². The molecule has 0 aliphatic rings. The van der Waals surface area contributed by atoms with Crippen molar-refractivity contribution in [2.45, 2.75) is 155 Å². The Labute approximate surface area is 379 Å². The molecule has 25 nitrogen and oxygen atoms in total. The highest BCUT2D eigenvalue weighted by atomic mass is 16.4. The predicted octanol–water partition coefficient (Wildman–Crippen LogP) is -4.60. The third-order valence-electron chi connectivity index (χ3n) is 9.38. The van der Waals surface area contributed by atoms with E-state index in [1.54, 1.807) is 41.5 Å². The number of aliphatic hydroxyl groups is 1. The minimum atomic E-state index is -1.63. The average Bonchev–Trinajstić information content (AvgIpc) is 3.18. The zero-order valence-corrected chi connectivity index (χ0v) is 38.8. The van der Waals surface area contributed by atoms with Crippen molar-refractivity contribution in [3.63, 3.8) is 0 Å². The van der Waals surface area contributed by atoms with E-state index < -0.39 is 127 Å². The van der Waals surface area contributed by atoms with Crippen LogP contribution in [0, 0.1) is 17.8 Å². The lowest BCUT2D eigenvalue weighted by atomic mass is 9.99. The number of carbonyl (C=O) groups excluding carboxylic acids is 9. The van der Waals surface area contributed by atoms with Crippen molar-refractivity contribution >= 4 is 65.1 Å². The maximum absolute atomic E-state index is 13.9.